The molecule has 0 aromatic heterocycles. The standard InChI is InChI=1S/C23H24IN3O3/c24-16-6-9-19-20(11-16)21(23(30)26-22(19)29)12-25-17-7-4-15(5-8-17)13-27-10-2-1-3-18(27)14-28/h4-9,11-12,18,25,28H,1-3,10,13-14H2,(H,26,29,30). The fourth-order valence-electron chi connectivity index (χ4n) is 4.01. The van der Waals surface area contributed by atoms with Crippen molar-refractivity contribution in [1.29, 1.82) is 0 Å². The summed E-state index contributed by atoms with van der Waals surface area (Å²) in [6.45, 7) is 2.05. The molecular formula is C23H24IN3O3. The highest BCUT2D eigenvalue weighted by atomic mass is 127. The fraction of sp³-hybridized carbons (Fsp3) is 0.304. The van der Waals surface area contributed by atoms with Crippen LogP contribution in [0.5, 0.6) is 0 Å². The number of hydrogen-bond acceptors (Lipinski definition) is 5. The normalized spacial score (nSPS) is 20.7. The van der Waals surface area contributed by atoms with Crippen molar-refractivity contribution < 1.29 is 14.7 Å². The SMILES string of the molecule is O=C1NC(=O)c2ccc(I)cc2C1=CNc1ccc(CN2CCCCC2CO)cc1. The van der Waals surface area contributed by atoms with Gasteiger partial charge in [-0.1, -0.05) is 18.6 Å². The van der Waals surface area contributed by atoms with Crippen LogP contribution in [0.4, 0.5) is 5.69 Å². The van der Waals surface area contributed by atoms with Crippen LogP contribution in [0.2, 0.25) is 0 Å². The van der Waals surface area contributed by atoms with Gasteiger partial charge in [-0.15, -0.1) is 0 Å². The number of aliphatic hydroxyl groups excluding tert-OH is 1. The summed E-state index contributed by atoms with van der Waals surface area (Å²) < 4.78 is 0.961. The minimum Gasteiger partial charge on any atom is -0.395 e. The fourth-order valence-corrected chi connectivity index (χ4v) is 4.50. The summed E-state index contributed by atoms with van der Waals surface area (Å²) in [4.78, 5) is 26.8. The van der Waals surface area contributed by atoms with Crippen LogP contribution in [-0.4, -0.2) is 41.0 Å². The maximum Gasteiger partial charge on any atom is 0.260 e. The number of aliphatic hydroxyl groups is 1. The molecule has 0 spiro atoms. The van der Waals surface area contributed by atoms with E-state index in [1.807, 2.05) is 24.3 Å². The number of anilines is 1. The Bertz CT molecular complexity index is 988. The van der Waals surface area contributed by atoms with Gasteiger partial charge in [0.2, 0.25) is 0 Å². The van der Waals surface area contributed by atoms with E-state index in [1.165, 1.54) is 18.4 Å². The molecular weight excluding hydrogens is 493 g/mol. The third-order valence-electron chi connectivity index (χ3n) is 5.67. The van der Waals surface area contributed by atoms with E-state index in [1.54, 1.807) is 12.3 Å². The molecule has 2 aliphatic rings. The lowest BCUT2D eigenvalue weighted by atomic mass is 9.95. The van der Waals surface area contributed by atoms with Crippen LogP contribution in [0.1, 0.15) is 40.7 Å². The quantitative estimate of drug-likeness (QED) is 0.322. The average Bonchev–Trinajstić information content (AvgIpc) is 2.75. The molecule has 2 amide bonds. The zero-order valence-corrected chi connectivity index (χ0v) is 18.7. The van der Waals surface area contributed by atoms with E-state index in [4.69, 9.17) is 0 Å². The maximum absolute atomic E-state index is 12.4. The van der Waals surface area contributed by atoms with Crippen molar-refractivity contribution in [3.63, 3.8) is 0 Å². The minimum absolute atomic E-state index is 0.207. The van der Waals surface area contributed by atoms with Crippen molar-refractivity contribution >= 4 is 45.7 Å². The van der Waals surface area contributed by atoms with Crippen LogP contribution in [0.3, 0.4) is 0 Å². The number of rotatable bonds is 5. The molecule has 0 aliphatic carbocycles. The first-order chi connectivity index (χ1) is 14.5. The van der Waals surface area contributed by atoms with Crippen LogP contribution >= 0.6 is 22.6 Å². The molecule has 4 rings (SSSR count). The zero-order valence-electron chi connectivity index (χ0n) is 16.5. The van der Waals surface area contributed by atoms with E-state index in [0.717, 1.165) is 28.8 Å². The van der Waals surface area contributed by atoms with Gasteiger partial charge in [0, 0.05) is 39.2 Å². The molecule has 1 atom stereocenters. The molecule has 6 nitrogen and oxygen atoms in total. The highest BCUT2D eigenvalue weighted by Gasteiger charge is 2.27. The van der Waals surface area contributed by atoms with Gasteiger partial charge >= 0.3 is 0 Å². The number of piperidine rings is 1. The lowest BCUT2D eigenvalue weighted by molar-refractivity contribution is -0.114. The molecule has 0 saturated carbocycles. The molecule has 30 heavy (non-hydrogen) atoms. The Morgan fingerprint density at radius 2 is 1.90 bits per heavy atom. The number of amides is 2. The van der Waals surface area contributed by atoms with Gasteiger partial charge in [-0.2, -0.15) is 0 Å². The molecule has 2 aromatic carbocycles. The molecule has 156 valence electrons. The van der Waals surface area contributed by atoms with Gasteiger partial charge in [0.25, 0.3) is 11.8 Å². The molecule has 1 unspecified atom stereocenters. The summed E-state index contributed by atoms with van der Waals surface area (Å²) >= 11 is 2.17. The number of nitrogens with zero attached hydrogens (tertiary/aromatic N) is 1. The Morgan fingerprint density at radius 3 is 2.67 bits per heavy atom. The summed E-state index contributed by atoms with van der Waals surface area (Å²) in [5, 5.41) is 15.2. The second-order valence-corrected chi connectivity index (χ2v) is 8.92. The summed E-state index contributed by atoms with van der Waals surface area (Å²) in [5.41, 5.74) is 3.62. The van der Waals surface area contributed by atoms with Gasteiger partial charge in [-0.05, 0) is 77.9 Å². The number of nitrogens with one attached hydrogen (secondary N) is 2. The van der Waals surface area contributed by atoms with Gasteiger partial charge in [0.15, 0.2) is 0 Å². The molecule has 7 heteroatoms. The number of likely N-dealkylation sites (tertiary alicyclic amines) is 1. The smallest absolute Gasteiger partial charge is 0.260 e. The number of carbonyl (C=O) groups excluding carboxylic acids is 2. The highest BCUT2D eigenvalue weighted by molar-refractivity contribution is 14.1. The molecule has 3 N–H and O–H groups in total. The van der Waals surface area contributed by atoms with Crippen LogP contribution in [-0.2, 0) is 11.3 Å². The summed E-state index contributed by atoms with van der Waals surface area (Å²) in [7, 11) is 0. The molecule has 1 fully saturated rings. The highest BCUT2D eigenvalue weighted by Crippen LogP contribution is 2.26. The third-order valence-corrected chi connectivity index (χ3v) is 6.34. The first-order valence-electron chi connectivity index (χ1n) is 10.1. The largest absolute Gasteiger partial charge is 0.395 e. The van der Waals surface area contributed by atoms with Crippen molar-refractivity contribution in [2.24, 2.45) is 0 Å². The van der Waals surface area contributed by atoms with Crippen molar-refractivity contribution in [3.05, 3.63) is 68.9 Å². The van der Waals surface area contributed by atoms with E-state index in [-0.39, 0.29) is 18.6 Å². The second-order valence-electron chi connectivity index (χ2n) is 7.68. The van der Waals surface area contributed by atoms with E-state index >= 15 is 0 Å². The minimum atomic E-state index is -0.404. The molecule has 0 bridgehead atoms. The van der Waals surface area contributed by atoms with Crippen LogP contribution in [0, 0.1) is 3.57 Å². The zero-order chi connectivity index (χ0) is 21.1. The Kier molecular flexibility index (Phi) is 6.50. The number of fused-ring (bicyclic) bond motifs is 1. The topological polar surface area (TPSA) is 81.7 Å². The van der Waals surface area contributed by atoms with Crippen LogP contribution in [0.25, 0.3) is 5.57 Å². The van der Waals surface area contributed by atoms with Gasteiger partial charge < -0.3 is 10.4 Å². The van der Waals surface area contributed by atoms with Crippen molar-refractivity contribution in [1.82, 2.24) is 10.2 Å². The van der Waals surface area contributed by atoms with Crippen molar-refractivity contribution in [2.75, 3.05) is 18.5 Å². The second kappa shape index (κ2) is 9.28. The summed E-state index contributed by atoms with van der Waals surface area (Å²) in [6.07, 6.45) is 5.06. The molecule has 2 heterocycles. The van der Waals surface area contributed by atoms with Crippen LogP contribution < -0.4 is 10.6 Å². The lowest BCUT2D eigenvalue weighted by Gasteiger charge is -2.34. The third kappa shape index (κ3) is 4.58. The molecule has 2 aromatic rings. The van der Waals surface area contributed by atoms with E-state index in [9.17, 15) is 14.7 Å². The maximum atomic E-state index is 12.4. The Balaban J connectivity index is 1.48. The molecule has 2 aliphatic heterocycles. The van der Waals surface area contributed by atoms with Gasteiger partial charge in [-0.25, -0.2) is 0 Å². The first kappa shape index (κ1) is 21.0. The average molecular weight is 517 g/mol. The van der Waals surface area contributed by atoms with Gasteiger partial charge in [0.05, 0.1) is 12.2 Å². The van der Waals surface area contributed by atoms with Crippen molar-refractivity contribution in [2.45, 2.75) is 31.8 Å². The number of imide groups is 1. The lowest BCUT2D eigenvalue weighted by Crippen LogP contribution is -2.41. The Labute approximate surface area is 189 Å². The molecule has 1 saturated heterocycles. The number of benzene rings is 2. The Hall–Kier alpha value is -2.23. The Morgan fingerprint density at radius 1 is 1.10 bits per heavy atom. The van der Waals surface area contributed by atoms with E-state index in [0.29, 0.717) is 16.7 Å². The number of halogens is 1. The monoisotopic (exact) mass is 517 g/mol. The summed E-state index contributed by atoms with van der Waals surface area (Å²) in [6, 6.07) is 13.8. The van der Waals surface area contributed by atoms with Gasteiger partial charge in [0.1, 0.15) is 0 Å². The number of hydrogen-bond donors (Lipinski definition) is 3. The van der Waals surface area contributed by atoms with E-state index in [2.05, 4.69) is 50.3 Å². The van der Waals surface area contributed by atoms with Crippen molar-refractivity contribution in [3.8, 4) is 0 Å². The number of carbonyl (C=O) groups is 2. The summed E-state index contributed by atoms with van der Waals surface area (Å²) in [5.74, 6) is -0.773. The molecule has 0 radical (unpaired) electrons. The predicted octanol–water partition coefficient (Wildman–Crippen LogP) is 3.36. The van der Waals surface area contributed by atoms with Crippen LogP contribution in [0.15, 0.2) is 48.7 Å². The first-order valence-corrected chi connectivity index (χ1v) is 11.2. The van der Waals surface area contributed by atoms with E-state index < -0.39 is 5.91 Å². The predicted molar refractivity (Wildman–Crippen MR) is 125 cm³/mol. The van der Waals surface area contributed by atoms with Gasteiger partial charge in [-0.3, -0.25) is 19.8 Å².